The SMILES string of the molecule is COc1cc(NNC(=O)[C@H]2CC(=O)N(c3ccccc3)C2)cc(Cl)c1OCc1ccccc1. The molecule has 0 spiro atoms. The first-order valence-electron chi connectivity index (χ1n) is 10.5. The zero-order valence-corrected chi connectivity index (χ0v) is 18.8. The summed E-state index contributed by atoms with van der Waals surface area (Å²) in [7, 11) is 1.52. The number of carbonyl (C=O) groups excluding carboxylic acids is 2. The second kappa shape index (κ2) is 10.3. The van der Waals surface area contributed by atoms with Crippen molar-refractivity contribution in [3.8, 4) is 11.5 Å². The van der Waals surface area contributed by atoms with E-state index in [1.54, 1.807) is 17.0 Å². The summed E-state index contributed by atoms with van der Waals surface area (Å²) in [6, 6.07) is 22.4. The lowest BCUT2D eigenvalue weighted by atomic mass is 10.1. The minimum absolute atomic E-state index is 0.0778. The van der Waals surface area contributed by atoms with Crippen LogP contribution in [0.5, 0.6) is 11.5 Å². The second-order valence-electron chi connectivity index (χ2n) is 7.62. The van der Waals surface area contributed by atoms with Crippen molar-refractivity contribution in [2.75, 3.05) is 24.0 Å². The molecule has 1 aliphatic rings. The summed E-state index contributed by atoms with van der Waals surface area (Å²) in [5.74, 6) is 0.0320. The molecule has 33 heavy (non-hydrogen) atoms. The van der Waals surface area contributed by atoms with Crippen molar-refractivity contribution in [1.82, 2.24) is 5.43 Å². The standard InChI is InChI=1S/C25H24ClN3O4/c1-32-22-14-19(13-21(26)24(22)33-16-17-8-4-2-5-9-17)27-28-25(31)18-12-23(30)29(15-18)20-10-6-3-7-11-20/h2-11,13-14,18,27H,12,15-16H2,1H3,(H,28,31)/t18-/m0/s1. The van der Waals surface area contributed by atoms with Crippen molar-refractivity contribution in [3.05, 3.63) is 83.4 Å². The molecular weight excluding hydrogens is 442 g/mol. The van der Waals surface area contributed by atoms with Crippen LogP contribution in [-0.2, 0) is 16.2 Å². The van der Waals surface area contributed by atoms with Crippen LogP contribution in [0.2, 0.25) is 5.02 Å². The third kappa shape index (κ3) is 5.38. The monoisotopic (exact) mass is 465 g/mol. The molecule has 0 unspecified atom stereocenters. The molecule has 0 radical (unpaired) electrons. The fourth-order valence-corrected chi connectivity index (χ4v) is 3.90. The number of benzene rings is 3. The van der Waals surface area contributed by atoms with E-state index in [2.05, 4.69) is 10.9 Å². The van der Waals surface area contributed by atoms with Gasteiger partial charge in [-0.3, -0.25) is 20.4 Å². The number of nitrogens with zero attached hydrogens (tertiary/aromatic N) is 1. The largest absolute Gasteiger partial charge is 0.493 e. The molecule has 3 aromatic rings. The molecule has 0 aliphatic carbocycles. The number of anilines is 2. The summed E-state index contributed by atoms with van der Waals surface area (Å²) < 4.78 is 11.3. The molecule has 0 saturated carbocycles. The Balaban J connectivity index is 1.37. The Morgan fingerprint density at radius 2 is 1.79 bits per heavy atom. The maximum atomic E-state index is 12.7. The number of hydrogen-bond donors (Lipinski definition) is 2. The minimum Gasteiger partial charge on any atom is -0.493 e. The van der Waals surface area contributed by atoms with Gasteiger partial charge in [-0.25, -0.2) is 0 Å². The van der Waals surface area contributed by atoms with Crippen LogP contribution < -0.4 is 25.2 Å². The van der Waals surface area contributed by atoms with Gasteiger partial charge in [-0.1, -0.05) is 60.1 Å². The molecule has 1 fully saturated rings. The summed E-state index contributed by atoms with van der Waals surface area (Å²) in [6.07, 6.45) is 0.152. The summed E-state index contributed by atoms with van der Waals surface area (Å²) in [6.45, 7) is 0.667. The van der Waals surface area contributed by atoms with Crippen molar-refractivity contribution < 1.29 is 19.1 Å². The van der Waals surface area contributed by atoms with Crippen LogP contribution in [0.3, 0.4) is 0 Å². The molecule has 1 heterocycles. The van der Waals surface area contributed by atoms with Crippen LogP contribution in [0.1, 0.15) is 12.0 Å². The molecular formula is C25H24ClN3O4. The number of para-hydroxylation sites is 1. The number of nitrogens with one attached hydrogen (secondary N) is 2. The normalized spacial score (nSPS) is 15.3. The fraction of sp³-hybridized carbons (Fsp3) is 0.200. The first-order chi connectivity index (χ1) is 16.0. The molecule has 1 atom stereocenters. The summed E-state index contributed by atoms with van der Waals surface area (Å²) >= 11 is 6.42. The average Bonchev–Trinajstić information content (AvgIpc) is 3.24. The van der Waals surface area contributed by atoms with Gasteiger partial charge in [-0.15, -0.1) is 0 Å². The Morgan fingerprint density at radius 3 is 2.48 bits per heavy atom. The van der Waals surface area contributed by atoms with Crippen molar-refractivity contribution in [3.63, 3.8) is 0 Å². The molecule has 170 valence electrons. The lowest BCUT2D eigenvalue weighted by Crippen LogP contribution is -2.36. The highest BCUT2D eigenvalue weighted by molar-refractivity contribution is 6.32. The van der Waals surface area contributed by atoms with E-state index in [4.69, 9.17) is 21.1 Å². The predicted octanol–water partition coefficient (Wildman–Crippen LogP) is 4.42. The topological polar surface area (TPSA) is 79.9 Å². The van der Waals surface area contributed by atoms with Crippen LogP contribution in [-0.4, -0.2) is 25.5 Å². The lowest BCUT2D eigenvalue weighted by molar-refractivity contribution is -0.125. The molecule has 4 rings (SSSR count). The Kier molecular flexibility index (Phi) is 7.00. The smallest absolute Gasteiger partial charge is 0.243 e. The van der Waals surface area contributed by atoms with Gasteiger partial charge in [0.1, 0.15) is 6.61 Å². The molecule has 7 nitrogen and oxygen atoms in total. The third-order valence-corrected chi connectivity index (χ3v) is 5.63. The Bertz CT molecular complexity index is 1130. The molecule has 8 heteroatoms. The molecule has 0 aromatic heterocycles. The van der Waals surface area contributed by atoms with Crippen molar-refractivity contribution in [2.45, 2.75) is 13.0 Å². The van der Waals surface area contributed by atoms with Crippen molar-refractivity contribution in [2.24, 2.45) is 5.92 Å². The summed E-state index contributed by atoms with van der Waals surface area (Å²) in [5, 5.41) is 0.341. The van der Waals surface area contributed by atoms with Gasteiger partial charge in [0, 0.05) is 24.7 Å². The van der Waals surface area contributed by atoms with Crippen LogP contribution >= 0.6 is 11.6 Å². The van der Waals surface area contributed by atoms with Crippen molar-refractivity contribution >= 4 is 34.8 Å². The van der Waals surface area contributed by atoms with E-state index in [0.29, 0.717) is 35.4 Å². The number of hydrogen-bond acceptors (Lipinski definition) is 5. The number of methoxy groups -OCH3 is 1. The first kappa shape index (κ1) is 22.5. The van der Waals surface area contributed by atoms with E-state index < -0.39 is 5.92 Å². The fourth-order valence-electron chi connectivity index (χ4n) is 3.64. The van der Waals surface area contributed by atoms with Gasteiger partial charge >= 0.3 is 0 Å². The van der Waals surface area contributed by atoms with E-state index in [9.17, 15) is 9.59 Å². The molecule has 1 aliphatic heterocycles. The predicted molar refractivity (Wildman–Crippen MR) is 127 cm³/mol. The van der Waals surface area contributed by atoms with Gasteiger partial charge in [0.2, 0.25) is 11.8 Å². The number of rotatable bonds is 8. The zero-order chi connectivity index (χ0) is 23.2. The second-order valence-corrected chi connectivity index (χ2v) is 8.03. The van der Waals surface area contributed by atoms with Gasteiger partial charge in [0.15, 0.2) is 11.5 Å². The quantitative estimate of drug-likeness (QED) is 0.481. The first-order valence-corrected chi connectivity index (χ1v) is 10.9. The van der Waals surface area contributed by atoms with Gasteiger partial charge < -0.3 is 14.4 Å². The van der Waals surface area contributed by atoms with Crippen LogP contribution in [0.4, 0.5) is 11.4 Å². The zero-order valence-electron chi connectivity index (χ0n) is 18.1. The molecule has 2 N–H and O–H groups in total. The Morgan fingerprint density at radius 1 is 1.09 bits per heavy atom. The van der Waals surface area contributed by atoms with Gasteiger partial charge in [-0.2, -0.15) is 0 Å². The number of carbonyl (C=O) groups is 2. The number of ether oxygens (including phenoxy) is 2. The minimum atomic E-state index is -0.462. The van der Waals surface area contributed by atoms with E-state index in [-0.39, 0.29) is 18.2 Å². The number of halogens is 1. The highest BCUT2D eigenvalue weighted by atomic mass is 35.5. The summed E-state index contributed by atoms with van der Waals surface area (Å²) in [5.41, 5.74) is 7.84. The highest BCUT2D eigenvalue weighted by Crippen LogP contribution is 2.38. The van der Waals surface area contributed by atoms with Crippen LogP contribution in [0, 0.1) is 5.92 Å². The van der Waals surface area contributed by atoms with Gasteiger partial charge in [0.25, 0.3) is 0 Å². The van der Waals surface area contributed by atoms with E-state index in [1.165, 1.54) is 7.11 Å². The summed E-state index contributed by atoms with van der Waals surface area (Å²) in [4.78, 5) is 26.7. The van der Waals surface area contributed by atoms with Crippen LogP contribution in [0.15, 0.2) is 72.8 Å². The molecule has 2 amide bonds. The van der Waals surface area contributed by atoms with E-state index in [0.717, 1.165) is 11.3 Å². The van der Waals surface area contributed by atoms with Gasteiger partial charge in [0.05, 0.1) is 23.7 Å². The lowest BCUT2D eigenvalue weighted by Gasteiger charge is -2.18. The van der Waals surface area contributed by atoms with Crippen molar-refractivity contribution in [1.29, 1.82) is 0 Å². The maximum absolute atomic E-state index is 12.7. The van der Waals surface area contributed by atoms with Crippen LogP contribution in [0.25, 0.3) is 0 Å². The van der Waals surface area contributed by atoms with E-state index >= 15 is 0 Å². The van der Waals surface area contributed by atoms with E-state index in [1.807, 2.05) is 60.7 Å². The number of amides is 2. The molecule has 1 saturated heterocycles. The Labute approximate surface area is 197 Å². The molecule has 3 aromatic carbocycles. The highest BCUT2D eigenvalue weighted by Gasteiger charge is 2.35. The number of hydrazine groups is 1. The van der Waals surface area contributed by atoms with Gasteiger partial charge in [-0.05, 0) is 23.8 Å². The Hall–Kier alpha value is -3.71. The third-order valence-electron chi connectivity index (χ3n) is 5.35. The maximum Gasteiger partial charge on any atom is 0.243 e. The average molecular weight is 466 g/mol. The molecule has 0 bridgehead atoms.